The molecule has 1 heteroatoms. The van der Waals surface area contributed by atoms with Gasteiger partial charge in [-0.2, -0.15) is 0 Å². The van der Waals surface area contributed by atoms with Gasteiger partial charge in [0, 0.05) is 11.1 Å². The largest absolute Gasteiger partial charge is 0.289 e. The highest BCUT2D eigenvalue weighted by Crippen LogP contribution is 2.28. The normalized spacial score (nSPS) is 18.0. The lowest BCUT2D eigenvalue weighted by atomic mass is 9.86. The maximum atomic E-state index is 12.9. The second-order valence-electron chi connectivity index (χ2n) is 7.04. The molecular formula is C25H22O. The van der Waals surface area contributed by atoms with Gasteiger partial charge in [0.2, 0.25) is 0 Å². The van der Waals surface area contributed by atoms with Crippen molar-refractivity contribution in [2.75, 3.05) is 0 Å². The molecule has 1 aliphatic rings. The first-order chi connectivity index (χ1) is 12.7. The summed E-state index contributed by atoms with van der Waals surface area (Å²) in [6.07, 6.45) is 6.87. The number of hydrogen-bond donors (Lipinski definition) is 0. The molecule has 1 aliphatic carbocycles. The molecule has 0 aliphatic heterocycles. The molecule has 0 saturated heterocycles. The molecule has 0 bridgehead atoms. The first kappa shape index (κ1) is 16.5. The van der Waals surface area contributed by atoms with Gasteiger partial charge in [-0.3, -0.25) is 4.79 Å². The van der Waals surface area contributed by atoms with Crippen molar-refractivity contribution in [3.63, 3.8) is 0 Å². The van der Waals surface area contributed by atoms with Crippen molar-refractivity contribution in [3.8, 4) is 0 Å². The van der Waals surface area contributed by atoms with Crippen LogP contribution in [0.2, 0.25) is 0 Å². The SMILES string of the molecule is Cc1ccc(/C=C2\CCC/C(=C\c3ccc4ccccc4c3)C2=O)cc1. The lowest BCUT2D eigenvalue weighted by Gasteiger charge is -2.16. The maximum absolute atomic E-state index is 12.9. The molecule has 0 N–H and O–H groups in total. The smallest absolute Gasteiger partial charge is 0.185 e. The molecule has 128 valence electrons. The van der Waals surface area contributed by atoms with E-state index in [4.69, 9.17) is 0 Å². The van der Waals surface area contributed by atoms with Gasteiger partial charge in [0.05, 0.1) is 0 Å². The van der Waals surface area contributed by atoms with Crippen molar-refractivity contribution in [2.24, 2.45) is 0 Å². The van der Waals surface area contributed by atoms with E-state index in [1.807, 2.05) is 12.1 Å². The Labute approximate surface area is 154 Å². The molecule has 0 atom stereocenters. The van der Waals surface area contributed by atoms with Gasteiger partial charge >= 0.3 is 0 Å². The number of rotatable bonds is 2. The zero-order chi connectivity index (χ0) is 17.9. The van der Waals surface area contributed by atoms with Gasteiger partial charge in [0.25, 0.3) is 0 Å². The number of hydrogen-bond acceptors (Lipinski definition) is 1. The molecule has 0 unspecified atom stereocenters. The Morgan fingerprint density at radius 3 is 2.08 bits per heavy atom. The van der Waals surface area contributed by atoms with Crippen molar-refractivity contribution in [2.45, 2.75) is 26.2 Å². The van der Waals surface area contributed by atoms with E-state index in [1.165, 1.54) is 16.3 Å². The average Bonchev–Trinajstić information content (AvgIpc) is 2.67. The monoisotopic (exact) mass is 338 g/mol. The summed E-state index contributed by atoms with van der Waals surface area (Å²) in [7, 11) is 0. The maximum Gasteiger partial charge on any atom is 0.185 e. The third-order valence-corrected chi connectivity index (χ3v) is 5.01. The van der Waals surface area contributed by atoms with E-state index in [0.717, 1.165) is 41.5 Å². The molecule has 0 radical (unpaired) electrons. The summed E-state index contributed by atoms with van der Waals surface area (Å²) >= 11 is 0. The minimum atomic E-state index is 0.199. The highest BCUT2D eigenvalue weighted by atomic mass is 16.1. The van der Waals surface area contributed by atoms with Crippen LogP contribution in [0.3, 0.4) is 0 Å². The molecule has 0 heterocycles. The molecular weight excluding hydrogens is 316 g/mol. The number of allylic oxidation sites excluding steroid dienone is 2. The highest BCUT2D eigenvalue weighted by Gasteiger charge is 2.20. The van der Waals surface area contributed by atoms with Gasteiger partial charge in [0.1, 0.15) is 0 Å². The van der Waals surface area contributed by atoms with Crippen LogP contribution in [-0.2, 0) is 4.79 Å². The van der Waals surface area contributed by atoms with Crippen LogP contribution in [0.5, 0.6) is 0 Å². The Balaban J connectivity index is 1.64. The zero-order valence-electron chi connectivity index (χ0n) is 15.0. The first-order valence-corrected chi connectivity index (χ1v) is 9.20. The summed E-state index contributed by atoms with van der Waals surface area (Å²) in [6, 6.07) is 23.0. The third kappa shape index (κ3) is 3.52. The van der Waals surface area contributed by atoms with Crippen LogP contribution in [0, 0.1) is 6.92 Å². The minimum absolute atomic E-state index is 0.199. The van der Waals surface area contributed by atoms with Crippen LogP contribution in [0.4, 0.5) is 0 Å². The summed E-state index contributed by atoms with van der Waals surface area (Å²) in [6.45, 7) is 2.08. The predicted octanol–water partition coefficient (Wildman–Crippen LogP) is 6.37. The van der Waals surface area contributed by atoms with Gasteiger partial charge in [0.15, 0.2) is 5.78 Å². The summed E-state index contributed by atoms with van der Waals surface area (Å²) in [5, 5.41) is 2.44. The van der Waals surface area contributed by atoms with Gasteiger partial charge in [-0.15, -0.1) is 0 Å². The summed E-state index contributed by atoms with van der Waals surface area (Å²) < 4.78 is 0. The van der Waals surface area contributed by atoms with Gasteiger partial charge in [-0.25, -0.2) is 0 Å². The molecule has 4 rings (SSSR count). The van der Waals surface area contributed by atoms with E-state index >= 15 is 0 Å². The molecule has 0 aromatic heterocycles. The fourth-order valence-electron chi connectivity index (χ4n) is 3.54. The Kier molecular flexibility index (Phi) is 4.53. The van der Waals surface area contributed by atoms with Crippen molar-refractivity contribution in [1.82, 2.24) is 0 Å². The van der Waals surface area contributed by atoms with Crippen LogP contribution in [0.25, 0.3) is 22.9 Å². The van der Waals surface area contributed by atoms with Crippen LogP contribution in [0.1, 0.15) is 36.0 Å². The Morgan fingerprint density at radius 2 is 1.35 bits per heavy atom. The zero-order valence-corrected chi connectivity index (χ0v) is 15.0. The Bertz CT molecular complexity index is 1020. The predicted molar refractivity (Wildman–Crippen MR) is 110 cm³/mol. The standard InChI is InChI=1S/C25H22O/c1-18-9-11-19(12-10-18)15-23-7-4-8-24(25(23)26)17-20-13-14-21-5-2-3-6-22(21)16-20/h2-3,5-6,9-17H,4,7-8H2,1H3/b23-15+,24-17+. The second-order valence-corrected chi connectivity index (χ2v) is 7.04. The first-order valence-electron chi connectivity index (χ1n) is 9.20. The van der Waals surface area contributed by atoms with E-state index < -0.39 is 0 Å². The molecule has 1 fully saturated rings. The van der Waals surface area contributed by atoms with E-state index in [2.05, 4.69) is 73.7 Å². The molecule has 1 saturated carbocycles. The number of benzene rings is 3. The van der Waals surface area contributed by atoms with Gasteiger partial charge in [-0.05, 0) is 66.3 Å². The Hall–Kier alpha value is -2.93. The number of aryl methyl sites for hydroxylation is 1. The van der Waals surface area contributed by atoms with E-state index in [0.29, 0.717) is 0 Å². The molecule has 1 nitrogen and oxygen atoms in total. The number of ketones is 1. The lowest BCUT2D eigenvalue weighted by Crippen LogP contribution is -2.12. The van der Waals surface area contributed by atoms with Gasteiger partial charge < -0.3 is 0 Å². The van der Waals surface area contributed by atoms with Gasteiger partial charge in [-0.1, -0.05) is 66.2 Å². The van der Waals surface area contributed by atoms with Crippen molar-refractivity contribution < 1.29 is 4.79 Å². The third-order valence-electron chi connectivity index (χ3n) is 5.01. The molecule has 0 spiro atoms. The minimum Gasteiger partial charge on any atom is -0.289 e. The average molecular weight is 338 g/mol. The van der Waals surface area contributed by atoms with E-state index in [1.54, 1.807) is 0 Å². The van der Waals surface area contributed by atoms with Crippen LogP contribution in [-0.4, -0.2) is 5.78 Å². The molecule has 0 amide bonds. The van der Waals surface area contributed by atoms with E-state index in [-0.39, 0.29) is 5.78 Å². The van der Waals surface area contributed by atoms with Crippen molar-refractivity contribution in [1.29, 1.82) is 0 Å². The molecule has 26 heavy (non-hydrogen) atoms. The van der Waals surface area contributed by atoms with Crippen LogP contribution < -0.4 is 0 Å². The number of fused-ring (bicyclic) bond motifs is 1. The summed E-state index contributed by atoms with van der Waals surface area (Å²) in [5.74, 6) is 0.199. The number of carbonyl (C=O) groups excluding carboxylic acids is 1. The summed E-state index contributed by atoms with van der Waals surface area (Å²) in [4.78, 5) is 12.9. The number of carbonyl (C=O) groups is 1. The fraction of sp³-hybridized carbons (Fsp3) is 0.160. The quantitative estimate of drug-likeness (QED) is 0.496. The second kappa shape index (κ2) is 7.13. The number of Topliss-reactive ketones (excluding diaryl/α,β-unsaturated/α-hetero) is 1. The van der Waals surface area contributed by atoms with Crippen molar-refractivity contribution in [3.05, 3.63) is 94.6 Å². The highest BCUT2D eigenvalue weighted by molar-refractivity contribution is 6.14. The van der Waals surface area contributed by atoms with E-state index in [9.17, 15) is 4.79 Å². The fourth-order valence-corrected chi connectivity index (χ4v) is 3.54. The topological polar surface area (TPSA) is 17.1 Å². The lowest BCUT2D eigenvalue weighted by molar-refractivity contribution is -0.112. The van der Waals surface area contributed by atoms with Crippen LogP contribution in [0.15, 0.2) is 77.9 Å². The summed E-state index contributed by atoms with van der Waals surface area (Å²) in [5.41, 5.74) is 5.28. The Morgan fingerprint density at radius 1 is 0.731 bits per heavy atom. The van der Waals surface area contributed by atoms with Crippen molar-refractivity contribution >= 4 is 28.7 Å². The molecule has 3 aromatic rings. The van der Waals surface area contributed by atoms with Crippen LogP contribution >= 0.6 is 0 Å². The molecule has 3 aromatic carbocycles.